The van der Waals surface area contributed by atoms with Gasteiger partial charge in [-0.15, -0.1) is 0 Å². The second kappa shape index (κ2) is 5.56. The van der Waals surface area contributed by atoms with E-state index in [9.17, 15) is 0 Å². The van der Waals surface area contributed by atoms with E-state index in [2.05, 4.69) is 33.2 Å². The average molecular weight is 315 g/mol. The molecule has 1 heterocycles. The largest absolute Gasteiger partial charge is 0.355 e. The summed E-state index contributed by atoms with van der Waals surface area (Å²) in [6.07, 6.45) is 4.75. The Bertz CT molecular complexity index is 510. The highest BCUT2D eigenvalue weighted by Gasteiger charge is 2.05. The van der Waals surface area contributed by atoms with Crippen molar-refractivity contribution in [3.8, 4) is 5.69 Å². The lowest BCUT2D eigenvalue weighted by atomic mass is 10.3. The lowest BCUT2D eigenvalue weighted by Gasteiger charge is -2.09. The number of imidazole rings is 1. The fourth-order valence-electron chi connectivity index (χ4n) is 1.51. The van der Waals surface area contributed by atoms with Gasteiger partial charge >= 0.3 is 0 Å². The standard InChI is InChI=1S/C12H13BrClN3/c1-2-5-15-12-16-6-7-17(12)9-3-4-10(13)11(14)8-9/h3-4,6-8H,2,5H2,1H3,(H,15,16). The van der Waals surface area contributed by atoms with Crippen molar-refractivity contribution in [2.45, 2.75) is 13.3 Å². The number of hydrogen-bond donors (Lipinski definition) is 1. The highest BCUT2D eigenvalue weighted by atomic mass is 79.9. The number of halogens is 2. The van der Waals surface area contributed by atoms with E-state index in [1.165, 1.54) is 0 Å². The summed E-state index contributed by atoms with van der Waals surface area (Å²) in [5, 5.41) is 3.96. The maximum Gasteiger partial charge on any atom is 0.207 e. The monoisotopic (exact) mass is 313 g/mol. The van der Waals surface area contributed by atoms with Gasteiger partial charge in [0.15, 0.2) is 0 Å². The summed E-state index contributed by atoms with van der Waals surface area (Å²) in [6.45, 7) is 3.03. The van der Waals surface area contributed by atoms with Crippen LogP contribution in [0.15, 0.2) is 35.1 Å². The molecule has 0 saturated heterocycles. The Morgan fingerprint density at radius 1 is 1.47 bits per heavy atom. The van der Waals surface area contributed by atoms with Crippen molar-refractivity contribution in [1.29, 1.82) is 0 Å². The van der Waals surface area contributed by atoms with Crippen LogP contribution in [0.25, 0.3) is 5.69 Å². The molecule has 0 bridgehead atoms. The van der Waals surface area contributed by atoms with Crippen LogP contribution in [0.1, 0.15) is 13.3 Å². The zero-order chi connectivity index (χ0) is 12.3. The maximum absolute atomic E-state index is 6.09. The third-order valence-electron chi connectivity index (χ3n) is 2.36. The Morgan fingerprint density at radius 2 is 2.29 bits per heavy atom. The Hall–Kier alpha value is -1.000. The Morgan fingerprint density at radius 3 is 3.00 bits per heavy atom. The summed E-state index contributed by atoms with van der Waals surface area (Å²) >= 11 is 9.47. The van der Waals surface area contributed by atoms with Gasteiger partial charge in [-0.25, -0.2) is 4.98 Å². The first kappa shape index (κ1) is 12.5. The van der Waals surface area contributed by atoms with Crippen LogP contribution in [0.3, 0.4) is 0 Å². The van der Waals surface area contributed by atoms with Gasteiger partial charge in [0.25, 0.3) is 0 Å². The molecule has 3 nitrogen and oxygen atoms in total. The molecular weight excluding hydrogens is 302 g/mol. The molecule has 1 aromatic carbocycles. The molecule has 0 fully saturated rings. The molecule has 0 radical (unpaired) electrons. The minimum absolute atomic E-state index is 0.692. The van der Waals surface area contributed by atoms with Crippen LogP contribution in [-0.4, -0.2) is 16.1 Å². The molecular formula is C12H13BrClN3. The zero-order valence-corrected chi connectivity index (χ0v) is 11.8. The molecule has 0 aliphatic rings. The molecule has 0 atom stereocenters. The molecule has 90 valence electrons. The summed E-state index contributed by atoms with van der Waals surface area (Å²) in [6, 6.07) is 5.83. The van der Waals surface area contributed by atoms with Crippen molar-refractivity contribution in [1.82, 2.24) is 9.55 Å². The van der Waals surface area contributed by atoms with Crippen molar-refractivity contribution in [2.75, 3.05) is 11.9 Å². The average Bonchev–Trinajstić information content (AvgIpc) is 2.78. The molecule has 0 aliphatic heterocycles. The summed E-state index contributed by atoms with van der Waals surface area (Å²) in [4.78, 5) is 4.28. The Kier molecular flexibility index (Phi) is 4.07. The third-order valence-corrected chi connectivity index (χ3v) is 3.59. The first-order valence-corrected chi connectivity index (χ1v) is 6.62. The number of nitrogens with one attached hydrogen (secondary N) is 1. The maximum atomic E-state index is 6.09. The fraction of sp³-hybridized carbons (Fsp3) is 0.250. The quantitative estimate of drug-likeness (QED) is 0.920. The number of anilines is 1. The van der Waals surface area contributed by atoms with Gasteiger partial charge in [-0.3, -0.25) is 4.57 Å². The van der Waals surface area contributed by atoms with Gasteiger partial charge in [0.05, 0.1) is 10.7 Å². The molecule has 0 saturated carbocycles. The van der Waals surface area contributed by atoms with Crippen LogP contribution >= 0.6 is 27.5 Å². The number of nitrogens with zero attached hydrogens (tertiary/aromatic N) is 2. The molecule has 2 rings (SSSR count). The van der Waals surface area contributed by atoms with Gasteiger partial charge in [0, 0.05) is 23.4 Å². The van der Waals surface area contributed by atoms with Gasteiger partial charge in [-0.1, -0.05) is 18.5 Å². The second-order valence-electron chi connectivity index (χ2n) is 3.65. The molecule has 1 N–H and O–H groups in total. The first-order chi connectivity index (χ1) is 8.22. The first-order valence-electron chi connectivity index (χ1n) is 5.45. The van der Waals surface area contributed by atoms with E-state index in [1.54, 1.807) is 6.20 Å². The molecule has 2 aromatic rings. The van der Waals surface area contributed by atoms with Gasteiger partial charge in [-0.2, -0.15) is 0 Å². The summed E-state index contributed by atoms with van der Waals surface area (Å²) < 4.78 is 2.87. The minimum Gasteiger partial charge on any atom is -0.355 e. The molecule has 0 unspecified atom stereocenters. The lowest BCUT2D eigenvalue weighted by Crippen LogP contribution is -2.06. The molecule has 17 heavy (non-hydrogen) atoms. The number of benzene rings is 1. The second-order valence-corrected chi connectivity index (χ2v) is 4.91. The molecule has 1 aromatic heterocycles. The minimum atomic E-state index is 0.692. The van der Waals surface area contributed by atoms with Crippen LogP contribution in [0, 0.1) is 0 Å². The van der Waals surface area contributed by atoms with Crippen molar-refractivity contribution in [3.05, 3.63) is 40.1 Å². The zero-order valence-electron chi connectivity index (χ0n) is 9.45. The van der Waals surface area contributed by atoms with Crippen molar-refractivity contribution < 1.29 is 0 Å². The predicted octanol–water partition coefficient (Wildman–Crippen LogP) is 4.11. The molecule has 0 spiro atoms. The Labute approximate surface area is 114 Å². The van der Waals surface area contributed by atoms with E-state index in [0.717, 1.165) is 29.1 Å². The highest BCUT2D eigenvalue weighted by molar-refractivity contribution is 9.10. The van der Waals surface area contributed by atoms with Crippen LogP contribution in [-0.2, 0) is 0 Å². The summed E-state index contributed by atoms with van der Waals surface area (Å²) in [5.41, 5.74) is 0.995. The smallest absolute Gasteiger partial charge is 0.207 e. The van der Waals surface area contributed by atoms with Crippen molar-refractivity contribution >= 4 is 33.5 Å². The third kappa shape index (κ3) is 2.82. The van der Waals surface area contributed by atoms with Crippen LogP contribution in [0.2, 0.25) is 5.02 Å². The van der Waals surface area contributed by atoms with Crippen molar-refractivity contribution in [2.24, 2.45) is 0 Å². The predicted molar refractivity (Wildman–Crippen MR) is 75.1 cm³/mol. The van der Waals surface area contributed by atoms with E-state index in [0.29, 0.717) is 5.02 Å². The van der Waals surface area contributed by atoms with Crippen LogP contribution in [0.5, 0.6) is 0 Å². The molecule has 5 heteroatoms. The summed E-state index contributed by atoms with van der Waals surface area (Å²) in [7, 11) is 0. The van der Waals surface area contributed by atoms with Crippen molar-refractivity contribution in [3.63, 3.8) is 0 Å². The topological polar surface area (TPSA) is 29.9 Å². The van der Waals surface area contributed by atoms with Gasteiger partial charge in [0.2, 0.25) is 5.95 Å². The number of aromatic nitrogens is 2. The molecule has 0 amide bonds. The van der Waals surface area contributed by atoms with Gasteiger partial charge < -0.3 is 5.32 Å². The number of hydrogen-bond acceptors (Lipinski definition) is 2. The molecule has 0 aliphatic carbocycles. The summed E-state index contributed by atoms with van der Waals surface area (Å²) in [5.74, 6) is 0.838. The van der Waals surface area contributed by atoms with E-state index in [-0.39, 0.29) is 0 Å². The van der Waals surface area contributed by atoms with E-state index in [4.69, 9.17) is 11.6 Å². The lowest BCUT2D eigenvalue weighted by molar-refractivity contribution is 0.937. The Balaban J connectivity index is 2.32. The normalized spacial score (nSPS) is 10.5. The highest BCUT2D eigenvalue weighted by Crippen LogP contribution is 2.26. The van der Waals surface area contributed by atoms with E-state index in [1.807, 2.05) is 29.0 Å². The van der Waals surface area contributed by atoms with Crippen LogP contribution in [0.4, 0.5) is 5.95 Å². The van der Waals surface area contributed by atoms with Gasteiger partial charge in [-0.05, 0) is 40.5 Å². The van der Waals surface area contributed by atoms with Crippen LogP contribution < -0.4 is 5.32 Å². The van der Waals surface area contributed by atoms with Gasteiger partial charge in [0.1, 0.15) is 0 Å². The fourth-order valence-corrected chi connectivity index (χ4v) is 1.94. The SMILES string of the molecule is CCCNc1nccn1-c1ccc(Br)c(Cl)c1. The van der Waals surface area contributed by atoms with E-state index < -0.39 is 0 Å². The number of rotatable bonds is 4. The van der Waals surface area contributed by atoms with E-state index >= 15 is 0 Å².